The van der Waals surface area contributed by atoms with Crippen molar-refractivity contribution in [3.05, 3.63) is 99.8 Å². The lowest BCUT2D eigenvalue weighted by atomic mass is 10.1. The van der Waals surface area contributed by atoms with Gasteiger partial charge in [0.1, 0.15) is 12.3 Å². The molecule has 34 heavy (non-hydrogen) atoms. The van der Waals surface area contributed by atoms with Crippen molar-refractivity contribution in [1.29, 1.82) is 0 Å². The van der Waals surface area contributed by atoms with Gasteiger partial charge in [0.25, 0.3) is 5.56 Å². The summed E-state index contributed by atoms with van der Waals surface area (Å²) in [5.74, 6) is 0.362. The summed E-state index contributed by atoms with van der Waals surface area (Å²) in [4.78, 5) is 26.3. The van der Waals surface area contributed by atoms with E-state index in [9.17, 15) is 9.59 Å². The van der Waals surface area contributed by atoms with Crippen LogP contribution in [0.3, 0.4) is 0 Å². The van der Waals surface area contributed by atoms with Crippen LogP contribution in [0.25, 0.3) is 10.9 Å². The molecule has 3 aromatic carbocycles. The van der Waals surface area contributed by atoms with Crippen LogP contribution in [0, 0.1) is 6.92 Å². The number of aromatic nitrogens is 1. The molecule has 0 saturated carbocycles. The minimum Gasteiger partial charge on any atom is -0.497 e. The lowest BCUT2D eigenvalue weighted by Gasteiger charge is -2.15. The first-order valence-electron chi connectivity index (χ1n) is 11.4. The molecule has 0 saturated heterocycles. The molecule has 4 rings (SSSR count). The number of methoxy groups -OCH3 is 1. The van der Waals surface area contributed by atoms with Gasteiger partial charge in [0, 0.05) is 29.5 Å². The number of hydrogen-bond acceptors (Lipinski definition) is 4. The number of anilines is 2. The van der Waals surface area contributed by atoms with Gasteiger partial charge in [-0.25, -0.2) is 0 Å². The summed E-state index contributed by atoms with van der Waals surface area (Å²) in [5, 5.41) is 7.07. The van der Waals surface area contributed by atoms with Gasteiger partial charge >= 0.3 is 0 Å². The largest absolute Gasteiger partial charge is 0.497 e. The van der Waals surface area contributed by atoms with Crippen molar-refractivity contribution < 1.29 is 9.53 Å². The number of nitrogens with zero attached hydrogens (tertiary/aromatic N) is 1. The molecule has 0 radical (unpaired) electrons. The number of carbonyl (C=O) groups excluding carboxylic acids is 1. The van der Waals surface area contributed by atoms with Gasteiger partial charge in [-0.1, -0.05) is 36.8 Å². The summed E-state index contributed by atoms with van der Waals surface area (Å²) < 4.78 is 6.87. The molecule has 0 aliphatic rings. The number of pyridine rings is 1. The smallest absolute Gasteiger partial charge is 0.256 e. The molecule has 0 aliphatic heterocycles. The fourth-order valence-electron chi connectivity index (χ4n) is 3.86. The minimum atomic E-state index is -0.265. The average Bonchev–Trinajstić information content (AvgIpc) is 2.86. The van der Waals surface area contributed by atoms with Gasteiger partial charge in [0.05, 0.1) is 12.6 Å². The molecular weight excluding hydrogens is 426 g/mol. The summed E-state index contributed by atoms with van der Waals surface area (Å²) in [5.41, 5.74) is 5.02. The fourth-order valence-corrected chi connectivity index (χ4v) is 3.86. The lowest BCUT2D eigenvalue weighted by Crippen LogP contribution is -2.30. The third-order valence-corrected chi connectivity index (χ3v) is 5.86. The molecular formula is C28H29N3O3. The molecule has 6 heteroatoms. The van der Waals surface area contributed by atoms with Crippen LogP contribution < -0.4 is 20.9 Å². The Kier molecular flexibility index (Phi) is 6.97. The third kappa shape index (κ3) is 5.29. The summed E-state index contributed by atoms with van der Waals surface area (Å²) in [6, 6.07) is 23.1. The van der Waals surface area contributed by atoms with Crippen LogP contribution in [0.5, 0.6) is 5.75 Å². The zero-order chi connectivity index (χ0) is 24.1. The van der Waals surface area contributed by atoms with Crippen molar-refractivity contribution in [2.75, 3.05) is 17.7 Å². The quantitative estimate of drug-likeness (QED) is 0.386. The molecule has 174 valence electrons. The molecule has 1 aromatic heterocycles. The Morgan fingerprint density at radius 2 is 1.65 bits per heavy atom. The van der Waals surface area contributed by atoms with E-state index in [2.05, 4.69) is 17.6 Å². The van der Waals surface area contributed by atoms with Crippen LogP contribution in [0.15, 0.2) is 77.6 Å². The maximum Gasteiger partial charge on any atom is 0.256 e. The van der Waals surface area contributed by atoms with Crippen LogP contribution in [0.1, 0.15) is 23.6 Å². The van der Waals surface area contributed by atoms with E-state index in [-0.39, 0.29) is 18.0 Å². The topological polar surface area (TPSA) is 72.4 Å². The number of aryl methyl sites for hydroxylation is 2. The predicted molar refractivity (Wildman–Crippen MR) is 138 cm³/mol. The normalized spacial score (nSPS) is 10.8. The van der Waals surface area contributed by atoms with E-state index in [1.165, 1.54) is 15.7 Å². The maximum atomic E-state index is 13.4. The van der Waals surface area contributed by atoms with Gasteiger partial charge in [-0.3, -0.25) is 14.2 Å². The first-order valence-corrected chi connectivity index (χ1v) is 11.4. The first-order chi connectivity index (χ1) is 16.5. The second-order valence-corrected chi connectivity index (χ2v) is 8.30. The SMILES string of the molecule is CCc1ccc(NC(=O)Cn2c(=O)c(CNc3ccc(C)cc3)cc3ccc(OC)cc32)cc1. The monoisotopic (exact) mass is 455 g/mol. The Morgan fingerprint density at radius 3 is 2.32 bits per heavy atom. The van der Waals surface area contributed by atoms with Crippen molar-refractivity contribution in [2.24, 2.45) is 0 Å². The molecule has 4 aromatic rings. The number of amides is 1. The molecule has 2 N–H and O–H groups in total. The first kappa shape index (κ1) is 23.1. The van der Waals surface area contributed by atoms with Crippen LogP contribution in [-0.4, -0.2) is 17.6 Å². The molecule has 0 atom stereocenters. The van der Waals surface area contributed by atoms with Crippen molar-refractivity contribution in [2.45, 2.75) is 33.4 Å². The Hall–Kier alpha value is -4.06. The molecule has 1 heterocycles. The zero-order valence-corrected chi connectivity index (χ0v) is 19.7. The average molecular weight is 456 g/mol. The molecule has 0 unspecified atom stereocenters. The van der Waals surface area contributed by atoms with Crippen molar-refractivity contribution in [3.8, 4) is 5.75 Å². The van der Waals surface area contributed by atoms with Gasteiger partial charge in [-0.2, -0.15) is 0 Å². The van der Waals surface area contributed by atoms with Gasteiger partial charge in [0.15, 0.2) is 0 Å². The summed E-state index contributed by atoms with van der Waals surface area (Å²) >= 11 is 0. The van der Waals surface area contributed by atoms with Gasteiger partial charge < -0.3 is 15.4 Å². The Labute approximate surface area is 199 Å². The predicted octanol–water partition coefficient (Wildman–Crippen LogP) is 5.13. The Balaban J connectivity index is 1.64. The van der Waals surface area contributed by atoms with Gasteiger partial charge in [0.2, 0.25) is 5.91 Å². The van der Waals surface area contributed by atoms with Gasteiger partial charge in [-0.05, 0) is 66.8 Å². The highest BCUT2D eigenvalue weighted by Crippen LogP contribution is 2.21. The van der Waals surface area contributed by atoms with Crippen LogP contribution >= 0.6 is 0 Å². The lowest BCUT2D eigenvalue weighted by molar-refractivity contribution is -0.116. The number of fused-ring (bicyclic) bond motifs is 1. The van der Waals surface area contributed by atoms with Crippen LogP contribution in [0.4, 0.5) is 11.4 Å². The van der Waals surface area contributed by atoms with E-state index in [1.54, 1.807) is 13.2 Å². The second kappa shape index (κ2) is 10.3. The van der Waals surface area contributed by atoms with E-state index in [1.807, 2.05) is 73.7 Å². The van der Waals surface area contributed by atoms with E-state index in [0.717, 1.165) is 17.5 Å². The zero-order valence-electron chi connectivity index (χ0n) is 19.7. The number of rotatable bonds is 8. The highest BCUT2D eigenvalue weighted by molar-refractivity contribution is 5.92. The second-order valence-electron chi connectivity index (χ2n) is 8.30. The fraction of sp³-hybridized carbons (Fsp3) is 0.214. The van der Waals surface area contributed by atoms with E-state index in [0.29, 0.717) is 29.1 Å². The standard InChI is InChI=1S/C28H29N3O3/c1-4-20-7-12-24(13-8-20)30-27(32)18-31-26-16-25(34-3)14-9-21(26)15-22(28(31)33)17-29-23-10-5-19(2)6-11-23/h5-16,29H,4,17-18H2,1-3H3,(H,30,32). The molecule has 0 aliphatic carbocycles. The molecule has 6 nitrogen and oxygen atoms in total. The van der Waals surface area contributed by atoms with E-state index in [4.69, 9.17) is 4.74 Å². The third-order valence-electron chi connectivity index (χ3n) is 5.86. The Bertz CT molecular complexity index is 1360. The van der Waals surface area contributed by atoms with Crippen molar-refractivity contribution in [1.82, 2.24) is 4.57 Å². The van der Waals surface area contributed by atoms with Crippen LogP contribution in [-0.2, 0) is 24.3 Å². The maximum absolute atomic E-state index is 13.4. The Morgan fingerprint density at radius 1 is 0.941 bits per heavy atom. The summed E-state index contributed by atoms with van der Waals surface area (Å²) in [6.45, 7) is 4.36. The highest BCUT2D eigenvalue weighted by Gasteiger charge is 2.14. The highest BCUT2D eigenvalue weighted by atomic mass is 16.5. The van der Waals surface area contributed by atoms with Crippen LogP contribution in [0.2, 0.25) is 0 Å². The van der Waals surface area contributed by atoms with Gasteiger partial charge in [-0.15, -0.1) is 0 Å². The molecule has 0 fully saturated rings. The number of ether oxygens (including phenoxy) is 1. The number of hydrogen-bond donors (Lipinski definition) is 2. The number of nitrogens with one attached hydrogen (secondary N) is 2. The summed E-state index contributed by atoms with van der Waals surface area (Å²) in [7, 11) is 1.58. The number of benzene rings is 3. The van der Waals surface area contributed by atoms with E-state index >= 15 is 0 Å². The number of carbonyl (C=O) groups is 1. The molecule has 1 amide bonds. The van der Waals surface area contributed by atoms with Crippen molar-refractivity contribution in [3.63, 3.8) is 0 Å². The minimum absolute atomic E-state index is 0.101. The molecule has 0 bridgehead atoms. The molecule has 0 spiro atoms. The summed E-state index contributed by atoms with van der Waals surface area (Å²) in [6.07, 6.45) is 0.931. The van der Waals surface area contributed by atoms with E-state index < -0.39 is 0 Å². The van der Waals surface area contributed by atoms with Crippen molar-refractivity contribution >= 4 is 28.2 Å².